The number of quaternary nitrogens is 1. The van der Waals surface area contributed by atoms with E-state index in [2.05, 4.69) is 10.6 Å². The van der Waals surface area contributed by atoms with Crippen LogP contribution in [0.5, 0.6) is 0 Å². The summed E-state index contributed by atoms with van der Waals surface area (Å²) in [6, 6.07) is 11.1. The van der Waals surface area contributed by atoms with Gasteiger partial charge in [0.2, 0.25) is 0 Å². The minimum atomic E-state index is -0.377. The summed E-state index contributed by atoms with van der Waals surface area (Å²) in [6.07, 6.45) is 0. The highest BCUT2D eigenvalue weighted by molar-refractivity contribution is 5.91. The van der Waals surface area contributed by atoms with Crippen LogP contribution < -0.4 is 15.5 Å². The van der Waals surface area contributed by atoms with Crippen LogP contribution in [0.2, 0.25) is 0 Å². The summed E-state index contributed by atoms with van der Waals surface area (Å²) in [5.41, 5.74) is 1.30. The van der Waals surface area contributed by atoms with Gasteiger partial charge in [0, 0.05) is 5.69 Å². The molecule has 0 aliphatic carbocycles. The van der Waals surface area contributed by atoms with E-state index in [1.54, 1.807) is 19.2 Å². The summed E-state index contributed by atoms with van der Waals surface area (Å²) in [4.78, 5) is 24.8. The number of carbonyl (C=O) groups is 2. The van der Waals surface area contributed by atoms with Gasteiger partial charge in [-0.05, 0) is 48.9 Å². The largest absolute Gasteiger partial charge is 0.345 e. The van der Waals surface area contributed by atoms with Crippen molar-refractivity contribution in [1.82, 2.24) is 5.32 Å². The fourth-order valence-electron chi connectivity index (χ4n) is 2.48. The number of hydrogen-bond donors (Lipinski definition) is 3. The van der Waals surface area contributed by atoms with Crippen molar-refractivity contribution in [3.8, 4) is 0 Å². The van der Waals surface area contributed by atoms with Crippen LogP contribution in [0.4, 0.5) is 14.5 Å². The third-order valence-electron chi connectivity index (χ3n) is 3.80. The fourth-order valence-corrected chi connectivity index (χ4v) is 2.48. The molecule has 0 saturated heterocycles. The SMILES string of the molecule is C[C@H](NC(=O)C[NH+](C)CC(=O)Nc1ccc(F)cc1)c1ccc(F)cc1. The Morgan fingerprint density at radius 3 is 2.00 bits per heavy atom. The van der Waals surface area contributed by atoms with E-state index in [9.17, 15) is 18.4 Å². The van der Waals surface area contributed by atoms with Crippen LogP contribution in [0.15, 0.2) is 48.5 Å². The summed E-state index contributed by atoms with van der Waals surface area (Å²) < 4.78 is 25.8. The molecule has 138 valence electrons. The highest BCUT2D eigenvalue weighted by atomic mass is 19.1. The second-order valence-electron chi connectivity index (χ2n) is 6.21. The fraction of sp³-hybridized carbons (Fsp3) is 0.263. The number of rotatable bonds is 7. The maximum absolute atomic E-state index is 12.9. The predicted molar refractivity (Wildman–Crippen MR) is 94.6 cm³/mol. The van der Waals surface area contributed by atoms with Crippen LogP contribution in [-0.4, -0.2) is 32.0 Å². The van der Waals surface area contributed by atoms with Gasteiger partial charge in [0.05, 0.1) is 13.1 Å². The molecule has 0 spiro atoms. The van der Waals surface area contributed by atoms with E-state index in [4.69, 9.17) is 0 Å². The van der Waals surface area contributed by atoms with Crippen LogP contribution in [0.25, 0.3) is 0 Å². The highest BCUT2D eigenvalue weighted by Gasteiger charge is 2.16. The number of hydrogen-bond acceptors (Lipinski definition) is 2. The van der Waals surface area contributed by atoms with Crippen molar-refractivity contribution in [1.29, 1.82) is 0 Å². The molecule has 5 nitrogen and oxygen atoms in total. The van der Waals surface area contributed by atoms with Crippen LogP contribution in [0.1, 0.15) is 18.5 Å². The number of benzene rings is 2. The van der Waals surface area contributed by atoms with E-state index in [1.807, 2.05) is 6.92 Å². The van der Waals surface area contributed by atoms with E-state index in [0.717, 1.165) is 5.56 Å². The van der Waals surface area contributed by atoms with Gasteiger partial charge < -0.3 is 15.5 Å². The number of anilines is 1. The number of halogens is 2. The molecular formula is C19H22F2N3O2+. The zero-order valence-electron chi connectivity index (χ0n) is 14.7. The average Bonchev–Trinajstić information content (AvgIpc) is 2.57. The van der Waals surface area contributed by atoms with Crippen molar-refractivity contribution >= 4 is 17.5 Å². The first-order valence-corrected chi connectivity index (χ1v) is 8.25. The van der Waals surface area contributed by atoms with Gasteiger partial charge in [-0.15, -0.1) is 0 Å². The topological polar surface area (TPSA) is 62.6 Å². The van der Waals surface area contributed by atoms with E-state index >= 15 is 0 Å². The summed E-state index contributed by atoms with van der Waals surface area (Å²) in [5, 5.41) is 5.47. The molecule has 2 aromatic rings. The average molecular weight is 362 g/mol. The standard InChI is InChI=1S/C19H21F2N3O2/c1-13(14-3-5-15(20)6-4-14)22-18(25)11-24(2)12-19(26)23-17-9-7-16(21)8-10-17/h3-10,13H,11-12H2,1-2H3,(H,22,25)(H,23,26)/p+1/t13-/m0/s1. The molecule has 26 heavy (non-hydrogen) atoms. The van der Waals surface area contributed by atoms with E-state index in [0.29, 0.717) is 10.6 Å². The van der Waals surface area contributed by atoms with Crippen molar-refractivity contribution in [2.75, 3.05) is 25.5 Å². The number of carbonyl (C=O) groups excluding carboxylic acids is 2. The Morgan fingerprint density at radius 2 is 1.42 bits per heavy atom. The van der Waals surface area contributed by atoms with Crippen molar-refractivity contribution < 1.29 is 23.3 Å². The molecule has 3 N–H and O–H groups in total. The molecule has 0 fully saturated rings. The molecule has 0 saturated carbocycles. The molecule has 0 bridgehead atoms. The normalized spacial score (nSPS) is 12.9. The van der Waals surface area contributed by atoms with Crippen LogP contribution in [0.3, 0.4) is 0 Å². The Hall–Kier alpha value is -2.80. The Kier molecular flexibility index (Phi) is 6.80. The molecule has 7 heteroatoms. The molecule has 0 radical (unpaired) electrons. The lowest BCUT2D eigenvalue weighted by molar-refractivity contribution is -0.862. The Bertz CT molecular complexity index is 748. The first kappa shape index (κ1) is 19.5. The van der Waals surface area contributed by atoms with Crippen molar-refractivity contribution in [2.45, 2.75) is 13.0 Å². The van der Waals surface area contributed by atoms with Crippen LogP contribution >= 0.6 is 0 Å². The Labute approximate surface area is 151 Å². The predicted octanol–water partition coefficient (Wildman–Crippen LogP) is 1.30. The van der Waals surface area contributed by atoms with Gasteiger partial charge in [-0.25, -0.2) is 8.78 Å². The van der Waals surface area contributed by atoms with Crippen LogP contribution in [0, 0.1) is 11.6 Å². The molecule has 0 aliphatic rings. The lowest BCUT2D eigenvalue weighted by Crippen LogP contribution is -3.11. The molecule has 2 atom stereocenters. The van der Waals surface area contributed by atoms with E-state index in [1.165, 1.54) is 36.4 Å². The monoisotopic (exact) mass is 362 g/mol. The quantitative estimate of drug-likeness (QED) is 0.695. The lowest BCUT2D eigenvalue weighted by Gasteiger charge is -2.17. The summed E-state index contributed by atoms with van der Waals surface area (Å²) >= 11 is 0. The zero-order valence-corrected chi connectivity index (χ0v) is 14.7. The van der Waals surface area contributed by atoms with Gasteiger partial charge in [-0.3, -0.25) is 9.59 Å². The summed E-state index contributed by atoms with van der Waals surface area (Å²) in [7, 11) is 1.73. The van der Waals surface area contributed by atoms with E-state index in [-0.39, 0.29) is 42.6 Å². The van der Waals surface area contributed by atoms with Gasteiger partial charge in [0.25, 0.3) is 11.8 Å². The Balaban J connectivity index is 1.78. The number of amides is 2. The highest BCUT2D eigenvalue weighted by Crippen LogP contribution is 2.12. The molecule has 2 rings (SSSR count). The molecule has 1 unspecified atom stereocenters. The summed E-state index contributed by atoms with van der Waals surface area (Å²) in [5.74, 6) is -1.19. The molecule has 2 amide bonds. The first-order valence-electron chi connectivity index (χ1n) is 8.25. The first-order chi connectivity index (χ1) is 12.3. The smallest absolute Gasteiger partial charge is 0.279 e. The van der Waals surface area contributed by atoms with Gasteiger partial charge in [0.1, 0.15) is 11.6 Å². The third kappa shape index (κ3) is 6.25. The van der Waals surface area contributed by atoms with Gasteiger partial charge >= 0.3 is 0 Å². The minimum absolute atomic E-state index is 0.0930. The van der Waals surface area contributed by atoms with Crippen molar-refractivity contribution in [2.24, 2.45) is 0 Å². The maximum atomic E-state index is 12.9. The molecular weight excluding hydrogens is 340 g/mol. The second kappa shape index (κ2) is 9.05. The lowest BCUT2D eigenvalue weighted by atomic mass is 10.1. The molecule has 0 heterocycles. The summed E-state index contributed by atoms with van der Waals surface area (Å²) in [6.45, 7) is 2.01. The number of nitrogens with one attached hydrogen (secondary N) is 3. The minimum Gasteiger partial charge on any atom is -0.345 e. The van der Waals surface area contributed by atoms with Crippen LogP contribution in [-0.2, 0) is 9.59 Å². The van der Waals surface area contributed by atoms with Crippen molar-refractivity contribution in [3.63, 3.8) is 0 Å². The number of likely N-dealkylation sites (N-methyl/N-ethyl adjacent to an activating group) is 1. The van der Waals surface area contributed by atoms with Gasteiger partial charge in [0.15, 0.2) is 13.1 Å². The third-order valence-corrected chi connectivity index (χ3v) is 3.80. The van der Waals surface area contributed by atoms with Crippen molar-refractivity contribution in [3.05, 3.63) is 65.7 Å². The molecule has 0 aromatic heterocycles. The second-order valence-corrected chi connectivity index (χ2v) is 6.21. The zero-order chi connectivity index (χ0) is 19.1. The van der Waals surface area contributed by atoms with Gasteiger partial charge in [-0.1, -0.05) is 12.1 Å². The maximum Gasteiger partial charge on any atom is 0.279 e. The molecule has 0 aliphatic heterocycles. The molecule has 2 aromatic carbocycles. The van der Waals surface area contributed by atoms with E-state index < -0.39 is 0 Å². The Morgan fingerprint density at radius 1 is 0.923 bits per heavy atom. The van der Waals surface area contributed by atoms with Gasteiger partial charge in [-0.2, -0.15) is 0 Å².